The summed E-state index contributed by atoms with van der Waals surface area (Å²) < 4.78 is 1.98. The van der Waals surface area contributed by atoms with Crippen LogP contribution in [-0.2, 0) is 0 Å². The van der Waals surface area contributed by atoms with E-state index in [9.17, 15) is 0 Å². The van der Waals surface area contributed by atoms with Crippen LogP contribution in [0, 0.1) is 0 Å². The minimum atomic E-state index is 0.581. The average Bonchev–Trinajstić information content (AvgIpc) is 2.19. The molecule has 0 amide bonds. The lowest BCUT2D eigenvalue weighted by Crippen LogP contribution is -2.28. The molecule has 5 heteroatoms. The molecule has 0 spiro atoms. The topological polar surface area (TPSA) is 24.1 Å². The highest BCUT2D eigenvalue weighted by Gasteiger charge is 2.01. The van der Waals surface area contributed by atoms with Gasteiger partial charge in [0.15, 0.2) is 5.11 Å². The predicted octanol–water partition coefficient (Wildman–Crippen LogP) is 3.68. The lowest BCUT2D eigenvalue weighted by atomic mass is 10.3. The molecule has 1 aromatic rings. The molecule has 0 bridgehead atoms. The van der Waals surface area contributed by atoms with Gasteiger partial charge in [0.25, 0.3) is 0 Å². The Hall–Kier alpha value is -0.390. The summed E-state index contributed by atoms with van der Waals surface area (Å²) in [5.74, 6) is 0. The summed E-state index contributed by atoms with van der Waals surface area (Å²) in [7, 11) is 0. The maximum absolute atomic E-state index is 5.09. The molecule has 0 aliphatic heterocycles. The number of anilines is 1. The fourth-order valence-corrected chi connectivity index (χ4v) is 2.26. The molecular weight excluding hydrogens is 340 g/mol. The van der Waals surface area contributed by atoms with Gasteiger partial charge in [-0.15, -0.1) is 6.58 Å². The first-order valence-electron chi connectivity index (χ1n) is 4.24. The number of hydrogen-bond acceptors (Lipinski definition) is 1. The van der Waals surface area contributed by atoms with Gasteiger partial charge in [0.05, 0.1) is 5.69 Å². The van der Waals surface area contributed by atoms with E-state index < -0.39 is 0 Å². The molecular formula is C10H10Br2N2S. The Bertz CT molecular complexity index is 380. The summed E-state index contributed by atoms with van der Waals surface area (Å²) in [4.78, 5) is 0. The van der Waals surface area contributed by atoms with Gasteiger partial charge < -0.3 is 10.6 Å². The van der Waals surface area contributed by atoms with Crippen molar-refractivity contribution in [1.82, 2.24) is 5.32 Å². The van der Waals surface area contributed by atoms with E-state index in [1.165, 1.54) is 0 Å². The van der Waals surface area contributed by atoms with Crippen LogP contribution in [0.5, 0.6) is 0 Å². The zero-order valence-electron chi connectivity index (χ0n) is 7.89. The number of thiocarbonyl (C=S) groups is 1. The maximum Gasteiger partial charge on any atom is 0.171 e. The lowest BCUT2D eigenvalue weighted by Gasteiger charge is -2.10. The van der Waals surface area contributed by atoms with Gasteiger partial charge in [-0.1, -0.05) is 22.0 Å². The minimum absolute atomic E-state index is 0.581. The predicted molar refractivity (Wildman–Crippen MR) is 76.3 cm³/mol. The molecule has 0 fully saturated rings. The second-order valence-electron chi connectivity index (χ2n) is 2.75. The third-order valence-electron chi connectivity index (χ3n) is 1.59. The van der Waals surface area contributed by atoms with Gasteiger partial charge in [-0.2, -0.15) is 0 Å². The zero-order chi connectivity index (χ0) is 11.3. The first-order valence-corrected chi connectivity index (χ1v) is 6.23. The minimum Gasteiger partial charge on any atom is -0.359 e. The molecule has 0 saturated heterocycles. The molecule has 2 nitrogen and oxygen atoms in total. The monoisotopic (exact) mass is 348 g/mol. The standard InChI is InChI=1S/C10H10Br2N2S/c1-2-5-13-10(15)14-9-4-3-7(11)6-8(9)12/h2-4,6H,1,5H2,(H2,13,14,15). The van der Waals surface area contributed by atoms with Crippen molar-refractivity contribution in [1.29, 1.82) is 0 Å². The van der Waals surface area contributed by atoms with E-state index in [1.54, 1.807) is 6.08 Å². The molecule has 0 atom stereocenters. The van der Waals surface area contributed by atoms with E-state index in [0.717, 1.165) is 14.6 Å². The largest absolute Gasteiger partial charge is 0.359 e. The van der Waals surface area contributed by atoms with Crippen molar-refractivity contribution in [3.8, 4) is 0 Å². The molecule has 2 N–H and O–H groups in total. The second-order valence-corrected chi connectivity index (χ2v) is 4.93. The summed E-state index contributed by atoms with van der Waals surface area (Å²) in [6.07, 6.45) is 1.75. The van der Waals surface area contributed by atoms with Gasteiger partial charge >= 0.3 is 0 Å². The van der Waals surface area contributed by atoms with Crippen LogP contribution in [0.25, 0.3) is 0 Å². The molecule has 80 valence electrons. The summed E-state index contributed by atoms with van der Waals surface area (Å²) in [6.45, 7) is 4.26. The van der Waals surface area contributed by atoms with Crippen molar-refractivity contribution in [3.05, 3.63) is 39.8 Å². The molecule has 0 saturated carbocycles. The van der Waals surface area contributed by atoms with E-state index in [1.807, 2.05) is 18.2 Å². The lowest BCUT2D eigenvalue weighted by molar-refractivity contribution is 1.06. The Morgan fingerprint density at radius 3 is 2.80 bits per heavy atom. The van der Waals surface area contributed by atoms with Crippen molar-refractivity contribution in [2.75, 3.05) is 11.9 Å². The van der Waals surface area contributed by atoms with Crippen LogP contribution in [0.1, 0.15) is 0 Å². The van der Waals surface area contributed by atoms with Crippen molar-refractivity contribution in [2.45, 2.75) is 0 Å². The van der Waals surface area contributed by atoms with Crippen molar-refractivity contribution in [3.63, 3.8) is 0 Å². The quantitative estimate of drug-likeness (QED) is 0.643. The highest BCUT2D eigenvalue weighted by atomic mass is 79.9. The zero-order valence-corrected chi connectivity index (χ0v) is 11.9. The van der Waals surface area contributed by atoms with Crippen LogP contribution in [0.3, 0.4) is 0 Å². The van der Waals surface area contributed by atoms with E-state index in [4.69, 9.17) is 12.2 Å². The van der Waals surface area contributed by atoms with E-state index in [2.05, 4.69) is 49.1 Å². The van der Waals surface area contributed by atoms with Crippen LogP contribution >= 0.6 is 44.1 Å². The fraction of sp³-hybridized carbons (Fsp3) is 0.100. The highest BCUT2D eigenvalue weighted by molar-refractivity contribution is 9.11. The molecule has 15 heavy (non-hydrogen) atoms. The molecule has 0 aromatic heterocycles. The Kier molecular flexibility index (Phi) is 5.28. The first kappa shape index (κ1) is 12.7. The van der Waals surface area contributed by atoms with E-state index in [0.29, 0.717) is 11.7 Å². The Morgan fingerprint density at radius 2 is 2.20 bits per heavy atom. The molecule has 0 aliphatic carbocycles. The van der Waals surface area contributed by atoms with E-state index in [-0.39, 0.29) is 0 Å². The van der Waals surface area contributed by atoms with Crippen molar-refractivity contribution >= 4 is 54.9 Å². The normalized spacial score (nSPS) is 9.47. The first-order chi connectivity index (χ1) is 7.13. The third kappa shape index (κ3) is 4.32. The Labute approximate surface area is 111 Å². The maximum atomic E-state index is 5.09. The molecule has 0 radical (unpaired) electrons. The fourth-order valence-electron chi connectivity index (χ4n) is 0.922. The number of nitrogens with one attached hydrogen (secondary N) is 2. The summed E-state index contributed by atoms with van der Waals surface area (Å²) >= 11 is 11.9. The van der Waals surface area contributed by atoms with Crippen LogP contribution < -0.4 is 10.6 Å². The molecule has 0 heterocycles. The van der Waals surface area contributed by atoms with Crippen molar-refractivity contribution < 1.29 is 0 Å². The SMILES string of the molecule is C=CCNC(=S)Nc1ccc(Br)cc1Br. The van der Waals surface area contributed by atoms with Gasteiger partial charge in [0.2, 0.25) is 0 Å². The summed E-state index contributed by atoms with van der Waals surface area (Å²) in [5.41, 5.74) is 0.930. The average molecular weight is 350 g/mol. The Balaban J connectivity index is 2.64. The summed E-state index contributed by atoms with van der Waals surface area (Å²) in [6, 6.07) is 5.84. The van der Waals surface area contributed by atoms with Gasteiger partial charge in [-0.25, -0.2) is 0 Å². The van der Waals surface area contributed by atoms with Crippen LogP contribution in [0.15, 0.2) is 39.8 Å². The molecule has 1 aromatic carbocycles. The number of halogens is 2. The number of benzene rings is 1. The van der Waals surface area contributed by atoms with Crippen LogP contribution in [0.2, 0.25) is 0 Å². The number of hydrogen-bond donors (Lipinski definition) is 2. The molecule has 1 rings (SSSR count). The number of rotatable bonds is 3. The molecule has 0 unspecified atom stereocenters. The molecule has 0 aliphatic rings. The second kappa shape index (κ2) is 6.25. The summed E-state index contributed by atoms with van der Waals surface area (Å²) in [5, 5.41) is 6.65. The van der Waals surface area contributed by atoms with Gasteiger partial charge in [-0.3, -0.25) is 0 Å². The van der Waals surface area contributed by atoms with Gasteiger partial charge in [-0.05, 0) is 46.3 Å². The Morgan fingerprint density at radius 1 is 1.47 bits per heavy atom. The highest BCUT2D eigenvalue weighted by Crippen LogP contribution is 2.25. The van der Waals surface area contributed by atoms with Crippen LogP contribution in [-0.4, -0.2) is 11.7 Å². The van der Waals surface area contributed by atoms with Gasteiger partial charge in [0, 0.05) is 15.5 Å². The van der Waals surface area contributed by atoms with Crippen molar-refractivity contribution in [2.24, 2.45) is 0 Å². The van der Waals surface area contributed by atoms with Gasteiger partial charge in [0.1, 0.15) is 0 Å². The van der Waals surface area contributed by atoms with Crippen LogP contribution in [0.4, 0.5) is 5.69 Å². The third-order valence-corrected chi connectivity index (χ3v) is 2.98. The van der Waals surface area contributed by atoms with E-state index >= 15 is 0 Å². The smallest absolute Gasteiger partial charge is 0.171 e.